The number of hydrogen-bond donors (Lipinski definition) is 2. The van der Waals surface area contributed by atoms with Crippen LogP contribution in [0.2, 0.25) is 0 Å². The van der Waals surface area contributed by atoms with Gasteiger partial charge in [-0.15, -0.1) is 0 Å². The van der Waals surface area contributed by atoms with Gasteiger partial charge in [-0.3, -0.25) is 9.59 Å². The van der Waals surface area contributed by atoms with E-state index in [0.29, 0.717) is 6.04 Å². The van der Waals surface area contributed by atoms with Crippen LogP contribution >= 0.6 is 0 Å². The maximum absolute atomic E-state index is 11.5. The van der Waals surface area contributed by atoms with Gasteiger partial charge in [0.1, 0.15) is 0 Å². The number of carbonyl (C=O) groups is 2. The largest absolute Gasteiger partial charge is 0.346 e. The molecule has 0 bridgehead atoms. The smallest absolute Gasteiger partial charge is 0.241 e. The summed E-state index contributed by atoms with van der Waals surface area (Å²) in [7, 11) is 1.78. The molecule has 1 aliphatic carbocycles. The summed E-state index contributed by atoms with van der Waals surface area (Å²) in [4.78, 5) is 24.0. The molecular formula is C9H17N3O2. The maximum atomic E-state index is 11.5. The number of nitrogens with two attached hydrogens (primary N) is 1. The van der Waals surface area contributed by atoms with E-state index >= 15 is 0 Å². The van der Waals surface area contributed by atoms with Crippen molar-refractivity contribution in [3.63, 3.8) is 0 Å². The molecule has 0 spiro atoms. The molecule has 2 amide bonds. The summed E-state index contributed by atoms with van der Waals surface area (Å²) in [5.74, 6) is -0.336. The second-order valence-electron chi connectivity index (χ2n) is 3.57. The van der Waals surface area contributed by atoms with Crippen LogP contribution in [-0.4, -0.2) is 42.9 Å². The van der Waals surface area contributed by atoms with E-state index < -0.39 is 0 Å². The number of nitrogens with zero attached hydrogens (tertiary/aromatic N) is 1. The van der Waals surface area contributed by atoms with Crippen LogP contribution in [0.15, 0.2) is 0 Å². The van der Waals surface area contributed by atoms with Gasteiger partial charge in [-0.2, -0.15) is 0 Å². The van der Waals surface area contributed by atoms with Crippen molar-refractivity contribution in [1.82, 2.24) is 10.2 Å². The first-order valence-electron chi connectivity index (χ1n) is 4.87. The van der Waals surface area contributed by atoms with E-state index in [4.69, 9.17) is 5.73 Å². The predicted molar refractivity (Wildman–Crippen MR) is 52.5 cm³/mol. The number of nitrogens with one attached hydrogen (secondary N) is 1. The number of carbonyl (C=O) groups excluding carboxylic acids is 2. The first-order valence-corrected chi connectivity index (χ1v) is 4.87. The Kier molecular flexibility index (Phi) is 3.88. The number of amides is 2. The molecule has 0 aromatic heterocycles. The summed E-state index contributed by atoms with van der Waals surface area (Å²) in [6, 6.07) is 0.372. The Morgan fingerprint density at radius 1 is 1.50 bits per heavy atom. The van der Waals surface area contributed by atoms with Gasteiger partial charge in [0.15, 0.2) is 0 Å². The Balaban J connectivity index is 2.23. The highest BCUT2D eigenvalue weighted by molar-refractivity contribution is 5.85. The van der Waals surface area contributed by atoms with Gasteiger partial charge in [-0.25, -0.2) is 0 Å². The van der Waals surface area contributed by atoms with Crippen molar-refractivity contribution in [2.24, 2.45) is 5.73 Å². The summed E-state index contributed by atoms with van der Waals surface area (Å²) in [5, 5.41) is 2.46. The van der Waals surface area contributed by atoms with Crippen LogP contribution in [0, 0.1) is 0 Å². The monoisotopic (exact) mass is 199 g/mol. The molecule has 1 fully saturated rings. The van der Waals surface area contributed by atoms with Crippen molar-refractivity contribution in [3.8, 4) is 0 Å². The summed E-state index contributed by atoms with van der Waals surface area (Å²) < 4.78 is 0. The van der Waals surface area contributed by atoms with Gasteiger partial charge < -0.3 is 16.0 Å². The second-order valence-corrected chi connectivity index (χ2v) is 3.57. The van der Waals surface area contributed by atoms with E-state index in [-0.39, 0.29) is 24.9 Å². The topological polar surface area (TPSA) is 75.4 Å². The minimum atomic E-state index is -0.291. The van der Waals surface area contributed by atoms with Gasteiger partial charge in [0.2, 0.25) is 11.8 Å². The van der Waals surface area contributed by atoms with Gasteiger partial charge in [-0.1, -0.05) is 0 Å². The zero-order valence-electron chi connectivity index (χ0n) is 8.45. The van der Waals surface area contributed by atoms with E-state index in [1.807, 2.05) is 0 Å². The Hall–Kier alpha value is -1.10. The van der Waals surface area contributed by atoms with E-state index in [1.165, 1.54) is 6.42 Å². The zero-order valence-corrected chi connectivity index (χ0v) is 8.45. The van der Waals surface area contributed by atoms with E-state index in [2.05, 4.69) is 5.32 Å². The third-order valence-corrected chi connectivity index (χ3v) is 2.64. The fourth-order valence-electron chi connectivity index (χ4n) is 1.35. The lowest BCUT2D eigenvalue weighted by Gasteiger charge is -2.34. The first kappa shape index (κ1) is 11.0. The molecule has 14 heavy (non-hydrogen) atoms. The highest BCUT2D eigenvalue weighted by Crippen LogP contribution is 2.23. The molecule has 0 radical (unpaired) electrons. The highest BCUT2D eigenvalue weighted by Gasteiger charge is 2.25. The lowest BCUT2D eigenvalue weighted by Crippen LogP contribution is -2.46. The fourth-order valence-corrected chi connectivity index (χ4v) is 1.35. The molecule has 0 aliphatic heterocycles. The highest BCUT2D eigenvalue weighted by atomic mass is 16.2. The molecule has 0 heterocycles. The Morgan fingerprint density at radius 2 is 2.14 bits per heavy atom. The van der Waals surface area contributed by atoms with Crippen LogP contribution in [0.25, 0.3) is 0 Å². The second kappa shape index (κ2) is 4.95. The first-order chi connectivity index (χ1) is 6.65. The van der Waals surface area contributed by atoms with Crippen LogP contribution < -0.4 is 11.1 Å². The molecule has 0 aromatic carbocycles. The van der Waals surface area contributed by atoms with Crippen LogP contribution in [0.3, 0.4) is 0 Å². The third kappa shape index (κ3) is 2.70. The molecule has 0 aromatic rings. The Bertz CT molecular complexity index is 226. The van der Waals surface area contributed by atoms with E-state index in [9.17, 15) is 9.59 Å². The molecular weight excluding hydrogens is 182 g/mol. The van der Waals surface area contributed by atoms with E-state index in [0.717, 1.165) is 12.8 Å². The minimum absolute atomic E-state index is 0.0449. The van der Waals surface area contributed by atoms with Crippen molar-refractivity contribution < 1.29 is 9.59 Å². The van der Waals surface area contributed by atoms with Crippen LogP contribution in [0.4, 0.5) is 0 Å². The Morgan fingerprint density at radius 3 is 2.57 bits per heavy atom. The number of likely N-dealkylation sites (N-methyl/N-ethyl adjacent to an activating group) is 1. The standard InChI is InChI=1S/C9H17N3O2/c1-12(7-3-2-4-7)9(14)6-11-8(13)5-10/h7H,2-6,10H2,1H3,(H,11,13). The molecule has 80 valence electrons. The molecule has 5 nitrogen and oxygen atoms in total. The molecule has 1 aliphatic rings. The van der Waals surface area contributed by atoms with E-state index in [1.54, 1.807) is 11.9 Å². The molecule has 0 unspecified atom stereocenters. The van der Waals surface area contributed by atoms with Gasteiger partial charge in [0.25, 0.3) is 0 Å². The van der Waals surface area contributed by atoms with Gasteiger partial charge in [-0.05, 0) is 19.3 Å². The van der Waals surface area contributed by atoms with Gasteiger partial charge in [0.05, 0.1) is 13.1 Å². The molecule has 3 N–H and O–H groups in total. The van der Waals surface area contributed by atoms with Crippen molar-refractivity contribution >= 4 is 11.8 Å². The predicted octanol–water partition coefficient (Wildman–Crippen LogP) is -0.928. The molecule has 0 saturated heterocycles. The Labute approximate surface area is 83.6 Å². The normalized spacial score (nSPS) is 15.9. The lowest BCUT2D eigenvalue weighted by atomic mass is 9.92. The lowest BCUT2D eigenvalue weighted by molar-refractivity contribution is -0.134. The summed E-state index contributed by atoms with van der Waals surface area (Å²) >= 11 is 0. The van der Waals surface area contributed by atoms with Crippen LogP contribution in [0.5, 0.6) is 0 Å². The molecule has 0 atom stereocenters. The summed E-state index contributed by atoms with van der Waals surface area (Å²) in [6.07, 6.45) is 3.34. The molecule has 1 rings (SSSR count). The maximum Gasteiger partial charge on any atom is 0.241 e. The summed E-state index contributed by atoms with van der Waals surface area (Å²) in [6.45, 7) is -0.0105. The average Bonchev–Trinajstić information content (AvgIpc) is 2.10. The summed E-state index contributed by atoms with van der Waals surface area (Å²) in [5.41, 5.74) is 5.09. The molecule has 1 saturated carbocycles. The van der Waals surface area contributed by atoms with Crippen molar-refractivity contribution in [2.45, 2.75) is 25.3 Å². The SMILES string of the molecule is CN(C(=O)CNC(=O)CN)C1CCC1. The van der Waals surface area contributed by atoms with Gasteiger partial charge >= 0.3 is 0 Å². The van der Waals surface area contributed by atoms with Gasteiger partial charge in [0, 0.05) is 13.1 Å². The zero-order chi connectivity index (χ0) is 10.6. The third-order valence-electron chi connectivity index (χ3n) is 2.64. The van der Waals surface area contributed by atoms with Crippen molar-refractivity contribution in [2.75, 3.05) is 20.1 Å². The minimum Gasteiger partial charge on any atom is -0.346 e. The van der Waals surface area contributed by atoms with Crippen LogP contribution in [0.1, 0.15) is 19.3 Å². The average molecular weight is 199 g/mol. The fraction of sp³-hybridized carbons (Fsp3) is 0.778. The molecule has 5 heteroatoms. The van der Waals surface area contributed by atoms with Crippen molar-refractivity contribution in [3.05, 3.63) is 0 Å². The number of rotatable bonds is 4. The quantitative estimate of drug-likeness (QED) is 0.614. The number of hydrogen-bond acceptors (Lipinski definition) is 3. The van der Waals surface area contributed by atoms with Crippen molar-refractivity contribution in [1.29, 1.82) is 0 Å². The van der Waals surface area contributed by atoms with Crippen LogP contribution in [-0.2, 0) is 9.59 Å².